The summed E-state index contributed by atoms with van der Waals surface area (Å²) in [5.41, 5.74) is 0.377. The van der Waals surface area contributed by atoms with Gasteiger partial charge in [0.05, 0.1) is 15.9 Å². The second kappa shape index (κ2) is 12.9. The highest BCUT2D eigenvalue weighted by atomic mass is 32.2. The number of benzene rings is 2. The summed E-state index contributed by atoms with van der Waals surface area (Å²) in [4.78, 5) is 49.4. The molecule has 0 aliphatic carbocycles. The van der Waals surface area contributed by atoms with Gasteiger partial charge in [0.1, 0.15) is 17.8 Å². The van der Waals surface area contributed by atoms with E-state index in [0.29, 0.717) is 17.7 Å². The average molecular weight is 577 g/mol. The van der Waals surface area contributed by atoms with Crippen molar-refractivity contribution in [1.82, 2.24) is 14.5 Å². The molecule has 2 atom stereocenters. The van der Waals surface area contributed by atoms with E-state index in [0.717, 1.165) is 28.6 Å². The number of ether oxygens (including phenoxy) is 2. The van der Waals surface area contributed by atoms with Crippen molar-refractivity contribution in [2.24, 2.45) is 0 Å². The molecule has 1 aliphatic rings. The van der Waals surface area contributed by atoms with Crippen molar-refractivity contribution in [3.63, 3.8) is 0 Å². The number of sulfonamides is 1. The Balaban J connectivity index is 1.77. The van der Waals surface area contributed by atoms with Crippen LogP contribution in [0.3, 0.4) is 0 Å². The average Bonchev–Trinajstić information content (AvgIpc) is 3.40. The molecular weight excluding hydrogens is 544 g/mol. The normalized spacial score (nSPS) is 16.3. The maximum absolute atomic E-state index is 13.3. The van der Waals surface area contributed by atoms with Gasteiger partial charge in [0, 0.05) is 39.2 Å². The Labute approximate surface area is 232 Å². The van der Waals surface area contributed by atoms with Gasteiger partial charge < -0.3 is 19.7 Å². The first kappa shape index (κ1) is 30.5. The van der Waals surface area contributed by atoms with E-state index in [4.69, 9.17) is 9.47 Å². The summed E-state index contributed by atoms with van der Waals surface area (Å²) in [6.45, 7) is 3.41. The quantitative estimate of drug-likeness (QED) is 0.254. The molecule has 0 saturated carbocycles. The number of amides is 2. The van der Waals surface area contributed by atoms with E-state index in [2.05, 4.69) is 5.32 Å². The van der Waals surface area contributed by atoms with Gasteiger partial charge in [-0.15, -0.1) is 0 Å². The van der Waals surface area contributed by atoms with Crippen molar-refractivity contribution in [3.05, 3.63) is 64.2 Å². The Morgan fingerprint density at radius 2 is 1.73 bits per heavy atom. The lowest BCUT2D eigenvalue weighted by atomic mass is 10.0. The first-order valence-corrected chi connectivity index (χ1v) is 14.0. The molecule has 1 aliphatic heterocycles. The molecule has 0 bridgehead atoms. The molecule has 1 heterocycles. The minimum atomic E-state index is -4.14. The number of nitro benzene ring substituents is 1. The van der Waals surface area contributed by atoms with Crippen molar-refractivity contribution < 1.29 is 37.2 Å². The maximum Gasteiger partial charge on any atom is 0.414 e. The Morgan fingerprint density at radius 1 is 1.10 bits per heavy atom. The molecule has 1 saturated heterocycles. The number of nitrogens with zero attached hydrogens (tertiary/aromatic N) is 3. The number of hydrogen-bond acceptors (Lipinski definition) is 9. The van der Waals surface area contributed by atoms with Crippen molar-refractivity contribution in [2.45, 2.75) is 56.2 Å². The van der Waals surface area contributed by atoms with Crippen molar-refractivity contribution >= 4 is 33.7 Å². The van der Waals surface area contributed by atoms with Crippen LogP contribution in [0.5, 0.6) is 5.75 Å². The summed E-state index contributed by atoms with van der Waals surface area (Å²) in [6.07, 6.45) is -0.316. The van der Waals surface area contributed by atoms with Gasteiger partial charge in [-0.3, -0.25) is 14.9 Å². The number of rotatable bonds is 10. The van der Waals surface area contributed by atoms with Crippen LogP contribution in [0, 0.1) is 10.1 Å². The van der Waals surface area contributed by atoms with Crippen molar-refractivity contribution in [1.29, 1.82) is 0 Å². The highest BCUT2D eigenvalue weighted by Gasteiger charge is 2.41. The number of nitro groups is 1. The van der Waals surface area contributed by atoms with Crippen LogP contribution in [-0.2, 0) is 30.8 Å². The van der Waals surface area contributed by atoms with Gasteiger partial charge >= 0.3 is 12.1 Å². The molecule has 40 heavy (non-hydrogen) atoms. The lowest BCUT2D eigenvalue weighted by Gasteiger charge is -2.26. The number of hydrogen-bond donors (Lipinski definition) is 1. The third-order valence-corrected chi connectivity index (χ3v) is 7.97. The van der Waals surface area contributed by atoms with Gasteiger partial charge in [-0.2, -0.15) is 4.31 Å². The van der Waals surface area contributed by atoms with E-state index in [1.165, 1.54) is 4.90 Å². The fraction of sp³-hybridized carbons (Fsp3) is 0.423. The van der Waals surface area contributed by atoms with Crippen LogP contribution >= 0.6 is 0 Å². The van der Waals surface area contributed by atoms with Crippen LogP contribution in [0.4, 0.5) is 10.5 Å². The molecule has 0 unspecified atom stereocenters. The molecule has 0 spiro atoms. The third kappa shape index (κ3) is 7.54. The Hall–Kier alpha value is -4.04. The molecule has 3 rings (SSSR count). The number of carbonyl (C=O) groups is 3. The molecule has 0 aromatic heterocycles. The third-order valence-electron chi connectivity index (χ3n) is 6.05. The monoisotopic (exact) mass is 576 g/mol. The van der Waals surface area contributed by atoms with Crippen molar-refractivity contribution in [3.8, 4) is 5.75 Å². The first-order valence-electron chi connectivity index (χ1n) is 12.5. The van der Waals surface area contributed by atoms with E-state index in [-0.39, 0.29) is 30.0 Å². The molecule has 2 aromatic carbocycles. The van der Waals surface area contributed by atoms with Crippen molar-refractivity contribution in [2.75, 3.05) is 20.6 Å². The predicted molar refractivity (Wildman–Crippen MR) is 143 cm³/mol. The standard InChI is InChI=1S/C26H32N4O9S/c1-17(2)38-25(32)22(16-18-7-11-20(12-8-18)39-26(33)28(3)4)27-24(31)23-6-5-15-29(23)40(36,37)21-13-9-19(10-14-21)30(34)35/h7-14,17,22-23H,5-6,15-16H2,1-4H3,(H,27,31)/t22-,23-/m0/s1. The smallest absolute Gasteiger partial charge is 0.414 e. The second-order valence-electron chi connectivity index (χ2n) is 9.68. The molecule has 2 aromatic rings. The summed E-state index contributed by atoms with van der Waals surface area (Å²) in [5.74, 6) is -1.05. The van der Waals surface area contributed by atoms with Crippen LogP contribution in [-0.4, -0.2) is 79.3 Å². The number of non-ortho nitro benzene ring substituents is 1. The van der Waals surface area contributed by atoms with Crippen LogP contribution in [0.25, 0.3) is 0 Å². The summed E-state index contributed by atoms with van der Waals surface area (Å²) in [7, 11) is -1.04. The van der Waals surface area contributed by atoms with Gasteiger partial charge in [0.25, 0.3) is 5.69 Å². The molecule has 13 nitrogen and oxygen atoms in total. The van der Waals surface area contributed by atoms with E-state index in [9.17, 15) is 32.9 Å². The minimum Gasteiger partial charge on any atom is -0.461 e. The largest absolute Gasteiger partial charge is 0.461 e. The summed E-state index contributed by atoms with van der Waals surface area (Å²) >= 11 is 0. The molecule has 1 N–H and O–H groups in total. The number of nitrogens with one attached hydrogen (secondary N) is 1. The topological polar surface area (TPSA) is 165 Å². The molecule has 2 amide bonds. The summed E-state index contributed by atoms with van der Waals surface area (Å²) in [6, 6.07) is 8.62. The lowest BCUT2D eigenvalue weighted by Crippen LogP contribution is -2.52. The number of carbonyl (C=O) groups excluding carboxylic acids is 3. The van der Waals surface area contributed by atoms with Crippen LogP contribution < -0.4 is 10.1 Å². The number of esters is 1. The van der Waals surface area contributed by atoms with E-state index >= 15 is 0 Å². The highest BCUT2D eigenvalue weighted by Crippen LogP contribution is 2.27. The Morgan fingerprint density at radius 3 is 2.27 bits per heavy atom. The molecule has 1 fully saturated rings. The second-order valence-corrected chi connectivity index (χ2v) is 11.6. The fourth-order valence-corrected chi connectivity index (χ4v) is 5.72. The predicted octanol–water partition coefficient (Wildman–Crippen LogP) is 2.49. The Kier molecular flexibility index (Phi) is 9.82. The minimum absolute atomic E-state index is 0.0427. The molecular formula is C26H32N4O9S. The van der Waals surface area contributed by atoms with Crippen LogP contribution in [0.1, 0.15) is 32.3 Å². The zero-order valence-electron chi connectivity index (χ0n) is 22.6. The van der Waals surface area contributed by atoms with Crippen LogP contribution in [0.15, 0.2) is 53.4 Å². The highest BCUT2D eigenvalue weighted by molar-refractivity contribution is 7.89. The van der Waals surface area contributed by atoms with Gasteiger partial charge in [-0.25, -0.2) is 18.0 Å². The molecule has 14 heteroatoms. The zero-order chi connectivity index (χ0) is 29.6. The summed E-state index contributed by atoms with van der Waals surface area (Å²) in [5, 5.41) is 13.6. The lowest BCUT2D eigenvalue weighted by molar-refractivity contribution is -0.384. The SMILES string of the molecule is CC(C)OC(=O)[C@H](Cc1ccc(OC(=O)N(C)C)cc1)NC(=O)[C@@H]1CCCN1S(=O)(=O)c1ccc([N+](=O)[O-])cc1. The van der Waals surface area contributed by atoms with Gasteiger partial charge in [-0.05, 0) is 56.5 Å². The zero-order valence-corrected chi connectivity index (χ0v) is 23.4. The summed E-state index contributed by atoms with van der Waals surface area (Å²) < 4.78 is 38.1. The van der Waals surface area contributed by atoms with E-state index in [1.54, 1.807) is 52.2 Å². The molecule has 0 radical (unpaired) electrons. The van der Waals surface area contributed by atoms with E-state index in [1.807, 2.05) is 0 Å². The fourth-order valence-electron chi connectivity index (χ4n) is 4.06. The van der Waals surface area contributed by atoms with Gasteiger partial charge in [0.15, 0.2) is 0 Å². The Bertz CT molecular complexity index is 1340. The van der Waals surface area contributed by atoms with Gasteiger partial charge in [0.2, 0.25) is 15.9 Å². The van der Waals surface area contributed by atoms with Gasteiger partial charge in [-0.1, -0.05) is 12.1 Å². The van der Waals surface area contributed by atoms with E-state index < -0.39 is 51.1 Å². The first-order chi connectivity index (χ1) is 18.8. The molecule has 216 valence electrons. The maximum atomic E-state index is 13.3. The van der Waals surface area contributed by atoms with Crippen LogP contribution in [0.2, 0.25) is 0 Å².